The van der Waals surface area contributed by atoms with Gasteiger partial charge < -0.3 is 10.2 Å². The van der Waals surface area contributed by atoms with Gasteiger partial charge in [0.15, 0.2) is 0 Å². The Labute approximate surface area is 186 Å². The summed E-state index contributed by atoms with van der Waals surface area (Å²) in [7, 11) is 0. The number of carbonyl (C=O) groups is 1. The van der Waals surface area contributed by atoms with Gasteiger partial charge in [-0.1, -0.05) is 82.1 Å². The predicted molar refractivity (Wildman–Crippen MR) is 127 cm³/mol. The summed E-state index contributed by atoms with van der Waals surface area (Å²) in [5, 5.41) is 24.6. The molecule has 0 aliphatic heterocycles. The topological polar surface area (TPSA) is 81.9 Å². The van der Waals surface area contributed by atoms with E-state index in [1.807, 2.05) is 19.1 Å². The van der Waals surface area contributed by atoms with E-state index in [0.717, 1.165) is 18.4 Å². The number of phenols is 2. The Morgan fingerprint density at radius 3 is 2.13 bits per heavy atom. The third-order valence-electron chi connectivity index (χ3n) is 5.42. The van der Waals surface area contributed by atoms with Crippen molar-refractivity contribution < 1.29 is 15.0 Å². The molecule has 1 amide bonds. The number of phenolic OH excluding ortho intramolecular Hbond substituents is 2. The van der Waals surface area contributed by atoms with Gasteiger partial charge in [-0.15, -0.1) is 0 Å². The normalized spacial score (nSPS) is 11.5. The van der Waals surface area contributed by atoms with Gasteiger partial charge in [0.25, 0.3) is 5.91 Å². The lowest BCUT2D eigenvalue weighted by Crippen LogP contribution is -2.20. The summed E-state index contributed by atoms with van der Waals surface area (Å²) in [6.45, 7) is 4.19. The van der Waals surface area contributed by atoms with Crippen molar-refractivity contribution in [2.75, 3.05) is 0 Å². The molecule has 31 heavy (non-hydrogen) atoms. The fourth-order valence-corrected chi connectivity index (χ4v) is 3.58. The number of nitrogens with zero attached hydrogens (tertiary/aromatic N) is 1. The van der Waals surface area contributed by atoms with Crippen LogP contribution in [0.4, 0.5) is 0 Å². The summed E-state index contributed by atoms with van der Waals surface area (Å²) < 4.78 is 0. The summed E-state index contributed by atoms with van der Waals surface area (Å²) in [6.07, 6.45) is 11.7. The molecule has 0 heterocycles. The maximum atomic E-state index is 12.4. The van der Waals surface area contributed by atoms with E-state index in [1.165, 1.54) is 51.0 Å². The van der Waals surface area contributed by atoms with Crippen LogP contribution in [0.5, 0.6) is 11.5 Å². The van der Waals surface area contributed by atoms with Gasteiger partial charge in [-0.3, -0.25) is 4.79 Å². The van der Waals surface area contributed by atoms with Gasteiger partial charge in [0, 0.05) is 5.56 Å². The van der Waals surface area contributed by atoms with E-state index in [0.29, 0.717) is 17.7 Å². The molecule has 0 spiro atoms. The highest BCUT2D eigenvalue weighted by molar-refractivity contribution is 6.04. The first-order valence-electron chi connectivity index (χ1n) is 11.5. The van der Waals surface area contributed by atoms with Crippen molar-refractivity contribution in [3.8, 4) is 11.5 Å². The second kappa shape index (κ2) is 13.5. The van der Waals surface area contributed by atoms with Gasteiger partial charge in [0.2, 0.25) is 0 Å². The van der Waals surface area contributed by atoms with E-state index in [1.54, 1.807) is 24.3 Å². The average molecular weight is 425 g/mol. The van der Waals surface area contributed by atoms with E-state index in [4.69, 9.17) is 0 Å². The number of benzene rings is 2. The smallest absolute Gasteiger partial charge is 0.275 e. The van der Waals surface area contributed by atoms with Gasteiger partial charge in [-0.2, -0.15) is 5.10 Å². The number of hydrogen-bond acceptors (Lipinski definition) is 4. The largest absolute Gasteiger partial charge is 0.507 e. The first-order valence-corrected chi connectivity index (χ1v) is 11.5. The van der Waals surface area contributed by atoms with Crippen molar-refractivity contribution >= 4 is 11.6 Å². The fourth-order valence-electron chi connectivity index (χ4n) is 3.58. The highest BCUT2D eigenvalue weighted by Crippen LogP contribution is 2.22. The summed E-state index contributed by atoms with van der Waals surface area (Å²) in [5.74, 6) is -0.416. The van der Waals surface area contributed by atoms with Crippen LogP contribution in [0.25, 0.3) is 0 Å². The lowest BCUT2D eigenvalue weighted by atomic mass is 10.00. The van der Waals surface area contributed by atoms with Crippen LogP contribution in [0, 0.1) is 6.92 Å². The van der Waals surface area contributed by atoms with Crippen LogP contribution in [0.1, 0.15) is 92.6 Å². The SMILES string of the molecule is CCCCCCCCCCC/C(=N\NC(=O)c1ccccc1O)c1cc(C)ccc1O. The molecule has 2 aromatic carbocycles. The van der Waals surface area contributed by atoms with E-state index in [-0.39, 0.29) is 17.1 Å². The van der Waals surface area contributed by atoms with E-state index >= 15 is 0 Å². The first-order chi connectivity index (χ1) is 15.0. The zero-order valence-corrected chi connectivity index (χ0v) is 18.9. The molecular weight excluding hydrogens is 388 g/mol. The maximum Gasteiger partial charge on any atom is 0.275 e. The Hall–Kier alpha value is -2.82. The molecule has 2 rings (SSSR count). The molecule has 0 bridgehead atoms. The van der Waals surface area contributed by atoms with Crippen LogP contribution < -0.4 is 5.43 Å². The molecule has 5 heteroatoms. The van der Waals surface area contributed by atoms with Crippen molar-refractivity contribution in [1.82, 2.24) is 5.43 Å². The molecule has 0 saturated heterocycles. The lowest BCUT2D eigenvalue weighted by Gasteiger charge is -2.11. The Morgan fingerprint density at radius 2 is 1.45 bits per heavy atom. The molecule has 0 atom stereocenters. The van der Waals surface area contributed by atoms with E-state index < -0.39 is 5.91 Å². The van der Waals surface area contributed by atoms with Gasteiger partial charge in [0.05, 0.1) is 11.3 Å². The number of nitrogens with one attached hydrogen (secondary N) is 1. The minimum Gasteiger partial charge on any atom is -0.507 e. The number of amides is 1. The molecule has 5 nitrogen and oxygen atoms in total. The van der Waals surface area contributed by atoms with Gasteiger partial charge >= 0.3 is 0 Å². The second-order valence-corrected chi connectivity index (χ2v) is 8.12. The number of aryl methyl sites for hydroxylation is 1. The van der Waals surface area contributed by atoms with Crippen molar-refractivity contribution in [3.05, 3.63) is 59.2 Å². The summed E-state index contributed by atoms with van der Waals surface area (Å²) in [5.41, 5.74) is 5.01. The molecule has 0 aliphatic carbocycles. The van der Waals surface area contributed by atoms with Gasteiger partial charge in [-0.05, 0) is 44.0 Å². The molecule has 0 unspecified atom stereocenters. The van der Waals surface area contributed by atoms with Crippen LogP contribution in [0.3, 0.4) is 0 Å². The second-order valence-electron chi connectivity index (χ2n) is 8.12. The lowest BCUT2D eigenvalue weighted by molar-refractivity contribution is 0.0952. The van der Waals surface area contributed by atoms with Crippen molar-refractivity contribution in [1.29, 1.82) is 0 Å². The molecule has 3 N–H and O–H groups in total. The van der Waals surface area contributed by atoms with Crippen LogP contribution >= 0.6 is 0 Å². The zero-order valence-electron chi connectivity index (χ0n) is 18.9. The molecule has 0 aromatic heterocycles. The van der Waals surface area contributed by atoms with Crippen molar-refractivity contribution in [3.63, 3.8) is 0 Å². The predicted octanol–water partition coefficient (Wildman–Crippen LogP) is 6.46. The number of para-hydroxylation sites is 1. The third kappa shape index (κ3) is 8.44. The number of rotatable bonds is 13. The summed E-state index contributed by atoms with van der Waals surface area (Å²) >= 11 is 0. The van der Waals surface area contributed by atoms with Crippen LogP contribution in [-0.4, -0.2) is 21.8 Å². The molecule has 0 saturated carbocycles. The fraction of sp³-hybridized carbons (Fsp3) is 0.462. The highest BCUT2D eigenvalue weighted by atomic mass is 16.3. The Bertz CT molecular complexity index is 861. The summed E-state index contributed by atoms with van der Waals surface area (Å²) in [4.78, 5) is 12.4. The number of carbonyl (C=O) groups excluding carboxylic acids is 1. The third-order valence-corrected chi connectivity index (χ3v) is 5.42. The first kappa shape index (κ1) is 24.4. The standard InChI is InChI=1S/C26H36N2O3/c1-3-4-5-6-7-8-9-10-11-15-23(22-19-20(2)17-18-25(22)30)27-28-26(31)21-14-12-13-16-24(21)29/h12-14,16-19,29-30H,3-11,15H2,1-2H3,(H,28,31)/b27-23+. The number of unbranched alkanes of at least 4 members (excludes halogenated alkanes) is 8. The van der Waals surface area contributed by atoms with Crippen LogP contribution in [0.15, 0.2) is 47.6 Å². The molecule has 2 aromatic rings. The van der Waals surface area contributed by atoms with Gasteiger partial charge in [-0.25, -0.2) is 5.43 Å². The van der Waals surface area contributed by atoms with E-state index in [2.05, 4.69) is 17.5 Å². The Balaban J connectivity index is 1.97. The monoisotopic (exact) mass is 424 g/mol. The summed E-state index contributed by atoms with van der Waals surface area (Å²) in [6, 6.07) is 11.7. The average Bonchev–Trinajstić information content (AvgIpc) is 2.76. The zero-order chi connectivity index (χ0) is 22.5. The molecule has 0 aliphatic rings. The van der Waals surface area contributed by atoms with Crippen molar-refractivity contribution in [2.24, 2.45) is 5.10 Å². The minimum absolute atomic E-state index is 0.0888. The quantitative estimate of drug-likeness (QED) is 0.196. The number of aromatic hydroxyl groups is 2. The van der Waals surface area contributed by atoms with Gasteiger partial charge in [0.1, 0.15) is 11.5 Å². The van der Waals surface area contributed by atoms with Crippen LogP contribution in [0.2, 0.25) is 0 Å². The number of hydrogen-bond donors (Lipinski definition) is 3. The Morgan fingerprint density at radius 1 is 0.839 bits per heavy atom. The highest BCUT2D eigenvalue weighted by Gasteiger charge is 2.13. The molecular formula is C26H36N2O3. The molecule has 0 fully saturated rings. The Kier molecular flexibility index (Phi) is 10.6. The van der Waals surface area contributed by atoms with Crippen molar-refractivity contribution in [2.45, 2.75) is 78.1 Å². The number of hydrazone groups is 1. The molecule has 168 valence electrons. The maximum absolute atomic E-state index is 12.4. The van der Waals surface area contributed by atoms with E-state index in [9.17, 15) is 15.0 Å². The molecule has 0 radical (unpaired) electrons. The van der Waals surface area contributed by atoms with Crippen LogP contribution in [-0.2, 0) is 0 Å². The minimum atomic E-state index is -0.477.